The summed E-state index contributed by atoms with van der Waals surface area (Å²) in [6.07, 6.45) is 1.75. The Hall–Kier alpha value is -2.64. The summed E-state index contributed by atoms with van der Waals surface area (Å²) in [6.45, 7) is 5.45. The number of hydrogen-bond acceptors (Lipinski definition) is 4. The molecule has 24 heavy (non-hydrogen) atoms. The second-order valence-corrected chi connectivity index (χ2v) is 6.38. The van der Waals surface area contributed by atoms with E-state index < -0.39 is 6.67 Å². The summed E-state index contributed by atoms with van der Waals surface area (Å²) >= 11 is 0. The van der Waals surface area contributed by atoms with Gasteiger partial charge in [0.15, 0.2) is 5.82 Å². The molecule has 0 bridgehead atoms. The van der Waals surface area contributed by atoms with Gasteiger partial charge >= 0.3 is 0 Å². The van der Waals surface area contributed by atoms with Crippen LogP contribution in [0.3, 0.4) is 0 Å². The van der Waals surface area contributed by atoms with Crippen LogP contribution < -0.4 is 11.3 Å². The molecule has 7 nitrogen and oxygen atoms in total. The maximum absolute atomic E-state index is 13.1. The van der Waals surface area contributed by atoms with Crippen molar-refractivity contribution in [3.05, 3.63) is 28.3 Å². The molecule has 0 saturated carbocycles. The first-order valence-corrected chi connectivity index (χ1v) is 7.83. The molecule has 0 unspecified atom stereocenters. The molecule has 1 atom stereocenters. The Balaban J connectivity index is 2.34. The molecule has 3 aromatic heterocycles. The molecule has 0 spiro atoms. The predicted molar refractivity (Wildman–Crippen MR) is 91.3 cm³/mol. The van der Waals surface area contributed by atoms with Crippen LogP contribution in [-0.2, 0) is 13.7 Å². The molecule has 0 aliphatic heterocycles. The number of aryl methyl sites for hydroxylation is 1. The number of halogens is 1. The fraction of sp³-hybridized carbons (Fsp3) is 0.438. The maximum Gasteiger partial charge on any atom is 0.264 e. The number of hydrogen-bond donors (Lipinski definition) is 2. The van der Waals surface area contributed by atoms with Gasteiger partial charge in [-0.25, -0.2) is 4.39 Å². The summed E-state index contributed by atoms with van der Waals surface area (Å²) in [5.74, 6) is 0.412. The van der Waals surface area contributed by atoms with Gasteiger partial charge in [-0.15, -0.1) is 0 Å². The Morgan fingerprint density at radius 1 is 1.38 bits per heavy atom. The number of nitrogens with zero attached hydrogens (tertiary/aromatic N) is 4. The minimum atomic E-state index is -0.611. The predicted octanol–water partition coefficient (Wildman–Crippen LogP) is 2.39. The van der Waals surface area contributed by atoms with Crippen molar-refractivity contribution < 1.29 is 4.39 Å². The van der Waals surface area contributed by atoms with Gasteiger partial charge < -0.3 is 10.3 Å². The Morgan fingerprint density at radius 2 is 2.08 bits per heavy atom. The normalized spacial score (nSPS) is 13.1. The molecule has 0 saturated heterocycles. The monoisotopic (exact) mass is 332 g/mol. The number of nitrogens with one attached hydrogen (secondary N) is 1. The standard InChI is InChI=1S/C16H21FN6O/c1-8(2)9(3)23-7-11(12-5-10(6-17)22(4)21-12)14-13(16(23)24)15(18)20-19-14/h5,7-9H,6H2,1-4H3,(H3,18,19,20)/t9-/m0/s1. The highest BCUT2D eigenvalue weighted by Gasteiger charge is 2.21. The molecule has 0 amide bonds. The van der Waals surface area contributed by atoms with Gasteiger partial charge in [0, 0.05) is 24.8 Å². The number of rotatable bonds is 4. The third-order valence-electron chi connectivity index (χ3n) is 4.57. The van der Waals surface area contributed by atoms with Crippen molar-refractivity contribution in [3.63, 3.8) is 0 Å². The number of pyridine rings is 1. The average Bonchev–Trinajstić information content (AvgIpc) is 3.10. The topological polar surface area (TPSA) is 94.5 Å². The van der Waals surface area contributed by atoms with Crippen molar-refractivity contribution in [2.75, 3.05) is 5.73 Å². The molecule has 0 fully saturated rings. The van der Waals surface area contributed by atoms with Crippen LogP contribution in [0.1, 0.15) is 32.5 Å². The second kappa shape index (κ2) is 5.77. The third kappa shape index (κ3) is 2.38. The smallest absolute Gasteiger partial charge is 0.264 e. The fourth-order valence-corrected chi connectivity index (χ4v) is 2.74. The number of anilines is 1. The number of aromatic amines is 1. The number of nitrogens with two attached hydrogens (primary N) is 1. The molecule has 3 aromatic rings. The zero-order chi connectivity index (χ0) is 17.6. The zero-order valence-corrected chi connectivity index (χ0v) is 14.2. The molecule has 3 N–H and O–H groups in total. The van der Waals surface area contributed by atoms with Crippen LogP contribution in [0.2, 0.25) is 0 Å². The van der Waals surface area contributed by atoms with E-state index in [4.69, 9.17) is 5.73 Å². The number of alkyl halides is 1. The summed E-state index contributed by atoms with van der Waals surface area (Å²) in [5.41, 5.74) is 7.93. The van der Waals surface area contributed by atoms with Crippen LogP contribution >= 0.6 is 0 Å². The third-order valence-corrected chi connectivity index (χ3v) is 4.57. The molecule has 0 aromatic carbocycles. The van der Waals surface area contributed by atoms with Crippen LogP contribution in [0.15, 0.2) is 17.1 Å². The number of fused-ring (bicyclic) bond motifs is 1. The number of nitrogen functional groups attached to an aromatic ring is 1. The van der Waals surface area contributed by atoms with Gasteiger partial charge in [-0.3, -0.25) is 14.6 Å². The summed E-state index contributed by atoms with van der Waals surface area (Å²) in [5, 5.41) is 11.5. The lowest BCUT2D eigenvalue weighted by Crippen LogP contribution is -2.26. The van der Waals surface area contributed by atoms with Gasteiger partial charge in [-0.1, -0.05) is 13.8 Å². The van der Waals surface area contributed by atoms with Crippen LogP contribution in [0.25, 0.3) is 22.2 Å². The molecule has 0 aliphatic rings. The highest BCUT2D eigenvalue weighted by atomic mass is 19.1. The molecule has 0 radical (unpaired) electrons. The molecular formula is C16H21FN6O. The van der Waals surface area contributed by atoms with Gasteiger partial charge in [0.2, 0.25) is 0 Å². The van der Waals surface area contributed by atoms with Crippen molar-refractivity contribution in [2.45, 2.75) is 33.5 Å². The van der Waals surface area contributed by atoms with E-state index in [1.165, 1.54) is 4.68 Å². The second-order valence-electron chi connectivity index (χ2n) is 6.38. The van der Waals surface area contributed by atoms with E-state index in [9.17, 15) is 9.18 Å². The lowest BCUT2D eigenvalue weighted by Gasteiger charge is -2.20. The van der Waals surface area contributed by atoms with E-state index in [2.05, 4.69) is 15.3 Å². The summed E-state index contributed by atoms with van der Waals surface area (Å²) < 4.78 is 16.2. The maximum atomic E-state index is 13.1. The van der Waals surface area contributed by atoms with Gasteiger partial charge in [-0.05, 0) is 18.9 Å². The van der Waals surface area contributed by atoms with E-state index >= 15 is 0 Å². The Labute approximate surface area is 138 Å². The Bertz CT molecular complexity index is 952. The minimum Gasteiger partial charge on any atom is -0.382 e. The van der Waals surface area contributed by atoms with Crippen molar-refractivity contribution in [1.82, 2.24) is 24.5 Å². The Morgan fingerprint density at radius 3 is 2.67 bits per heavy atom. The molecule has 0 aliphatic carbocycles. The molecule has 128 valence electrons. The highest BCUT2D eigenvalue weighted by molar-refractivity contribution is 5.97. The van der Waals surface area contributed by atoms with E-state index in [1.54, 1.807) is 23.9 Å². The van der Waals surface area contributed by atoms with E-state index in [0.717, 1.165) is 0 Å². The lowest BCUT2D eigenvalue weighted by molar-refractivity contribution is 0.400. The van der Waals surface area contributed by atoms with Crippen molar-refractivity contribution >= 4 is 16.7 Å². The van der Waals surface area contributed by atoms with Gasteiger partial charge in [0.1, 0.15) is 12.1 Å². The summed E-state index contributed by atoms with van der Waals surface area (Å²) in [7, 11) is 1.68. The quantitative estimate of drug-likeness (QED) is 0.767. The fourth-order valence-electron chi connectivity index (χ4n) is 2.74. The first-order valence-electron chi connectivity index (χ1n) is 7.83. The van der Waals surface area contributed by atoms with E-state index in [0.29, 0.717) is 27.9 Å². The summed E-state index contributed by atoms with van der Waals surface area (Å²) in [6, 6.07) is 1.64. The van der Waals surface area contributed by atoms with Gasteiger partial charge in [-0.2, -0.15) is 10.2 Å². The first kappa shape index (κ1) is 16.2. The Kier molecular flexibility index (Phi) is 3.90. The van der Waals surface area contributed by atoms with Crippen LogP contribution in [0.4, 0.5) is 10.2 Å². The molecular weight excluding hydrogens is 311 g/mol. The lowest BCUT2D eigenvalue weighted by atomic mass is 10.0. The number of H-pyrrole nitrogens is 1. The average molecular weight is 332 g/mol. The van der Waals surface area contributed by atoms with Crippen molar-refractivity contribution in [1.29, 1.82) is 0 Å². The molecule has 8 heteroatoms. The van der Waals surface area contributed by atoms with Gasteiger partial charge in [0.25, 0.3) is 5.56 Å². The van der Waals surface area contributed by atoms with Gasteiger partial charge in [0.05, 0.1) is 16.9 Å². The van der Waals surface area contributed by atoms with Crippen LogP contribution in [0, 0.1) is 5.92 Å². The SMILES string of the molecule is CC(C)[C@H](C)n1cc(-c2cc(CF)n(C)n2)c2[nH]nc(N)c2c1=O. The van der Waals surface area contributed by atoms with E-state index in [1.807, 2.05) is 20.8 Å². The summed E-state index contributed by atoms with van der Waals surface area (Å²) in [4.78, 5) is 12.8. The van der Waals surface area contributed by atoms with Crippen molar-refractivity contribution in [3.8, 4) is 11.3 Å². The molecule has 3 rings (SSSR count). The zero-order valence-electron chi connectivity index (χ0n) is 14.2. The van der Waals surface area contributed by atoms with Crippen molar-refractivity contribution in [2.24, 2.45) is 13.0 Å². The first-order chi connectivity index (χ1) is 11.3. The largest absolute Gasteiger partial charge is 0.382 e. The number of aromatic nitrogens is 5. The molecule has 3 heterocycles. The van der Waals surface area contributed by atoms with E-state index in [-0.39, 0.29) is 23.3 Å². The van der Waals surface area contributed by atoms with Crippen LogP contribution in [-0.4, -0.2) is 24.5 Å². The van der Waals surface area contributed by atoms with Crippen LogP contribution in [0.5, 0.6) is 0 Å². The minimum absolute atomic E-state index is 0.0284. The highest BCUT2D eigenvalue weighted by Crippen LogP contribution is 2.29.